The van der Waals surface area contributed by atoms with Gasteiger partial charge in [-0.15, -0.1) is 0 Å². The summed E-state index contributed by atoms with van der Waals surface area (Å²) in [4.78, 5) is 29.3. The fourth-order valence-corrected chi connectivity index (χ4v) is 6.48. The van der Waals surface area contributed by atoms with Crippen molar-refractivity contribution in [1.82, 2.24) is 10.2 Å². The van der Waals surface area contributed by atoms with Gasteiger partial charge in [0.15, 0.2) is 11.5 Å². The van der Waals surface area contributed by atoms with Gasteiger partial charge in [-0.05, 0) is 94.5 Å². The van der Waals surface area contributed by atoms with Crippen LogP contribution in [-0.2, 0) is 26.2 Å². The SMILES string of the molecule is CC[C@H](C(=O)NC(C)(C)C)N(Cc1ccccc1C)C(=O)CN(c1cc(C)cc(C)c1)S(=O)(=O)c1ccc(OC)c(OC)c1. The molecule has 2 amide bonds. The van der Waals surface area contributed by atoms with Gasteiger partial charge in [-0.1, -0.05) is 37.3 Å². The lowest BCUT2D eigenvalue weighted by molar-refractivity contribution is -0.141. The van der Waals surface area contributed by atoms with Gasteiger partial charge < -0.3 is 19.7 Å². The van der Waals surface area contributed by atoms with Crippen LogP contribution in [0.1, 0.15) is 56.4 Å². The van der Waals surface area contributed by atoms with E-state index < -0.39 is 34.1 Å². The number of nitrogens with zero attached hydrogens (tertiary/aromatic N) is 2. The molecule has 0 spiro atoms. The van der Waals surface area contributed by atoms with E-state index in [1.807, 2.05) is 78.8 Å². The van der Waals surface area contributed by atoms with Crippen LogP contribution in [-0.4, -0.2) is 57.5 Å². The molecule has 1 atom stereocenters. The van der Waals surface area contributed by atoms with Crippen molar-refractivity contribution in [2.24, 2.45) is 0 Å². The zero-order valence-corrected chi connectivity index (χ0v) is 28.0. The molecular formula is C34H45N3O6S. The van der Waals surface area contributed by atoms with Crippen LogP contribution in [0.5, 0.6) is 11.5 Å². The molecule has 0 aromatic heterocycles. The second kappa shape index (κ2) is 14.2. The molecule has 238 valence electrons. The number of sulfonamides is 1. The van der Waals surface area contributed by atoms with Gasteiger partial charge >= 0.3 is 0 Å². The molecule has 9 nitrogen and oxygen atoms in total. The third-order valence-corrected chi connectivity index (χ3v) is 8.97. The molecule has 0 saturated carbocycles. The second-order valence-electron chi connectivity index (χ2n) is 12.0. The molecule has 0 heterocycles. The quantitative estimate of drug-likeness (QED) is 0.284. The molecule has 44 heavy (non-hydrogen) atoms. The standard InChI is InChI=1S/C34H45N3O6S/c1-10-29(33(39)35-34(5,6)7)36(21-26-14-12-11-13-25(26)4)32(38)22-37(27-18-23(2)17-24(3)19-27)44(40,41)28-15-16-30(42-8)31(20-28)43-9/h11-20,29H,10,21-22H2,1-9H3,(H,35,39)/t29-/m1/s1. The number of nitrogens with one attached hydrogen (secondary N) is 1. The summed E-state index contributed by atoms with van der Waals surface area (Å²) in [5.41, 5.74) is 3.32. The topological polar surface area (TPSA) is 105 Å². The predicted octanol–water partition coefficient (Wildman–Crippen LogP) is 5.55. The van der Waals surface area contributed by atoms with Crippen molar-refractivity contribution in [2.45, 2.75) is 77.9 Å². The molecule has 1 N–H and O–H groups in total. The highest BCUT2D eigenvalue weighted by atomic mass is 32.2. The van der Waals surface area contributed by atoms with E-state index in [1.165, 1.54) is 37.3 Å². The van der Waals surface area contributed by atoms with Gasteiger partial charge in [0.1, 0.15) is 12.6 Å². The number of carbonyl (C=O) groups is 2. The maximum Gasteiger partial charge on any atom is 0.264 e. The third kappa shape index (κ3) is 8.31. The highest BCUT2D eigenvalue weighted by molar-refractivity contribution is 7.92. The summed E-state index contributed by atoms with van der Waals surface area (Å²) in [5, 5.41) is 2.99. The number of methoxy groups -OCH3 is 2. The van der Waals surface area contributed by atoms with Crippen molar-refractivity contribution in [3.8, 4) is 11.5 Å². The minimum Gasteiger partial charge on any atom is -0.493 e. The predicted molar refractivity (Wildman–Crippen MR) is 174 cm³/mol. The lowest BCUT2D eigenvalue weighted by Gasteiger charge is -2.35. The van der Waals surface area contributed by atoms with Crippen molar-refractivity contribution in [2.75, 3.05) is 25.1 Å². The van der Waals surface area contributed by atoms with E-state index in [-0.39, 0.29) is 23.1 Å². The van der Waals surface area contributed by atoms with E-state index >= 15 is 0 Å². The molecule has 0 aliphatic heterocycles. The molecule has 0 aliphatic carbocycles. The summed E-state index contributed by atoms with van der Waals surface area (Å²) < 4.78 is 40.5. The summed E-state index contributed by atoms with van der Waals surface area (Å²) in [5.74, 6) is -0.193. The van der Waals surface area contributed by atoms with Gasteiger partial charge in [0, 0.05) is 18.2 Å². The van der Waals surface area contributed by atoms with Gasteiger partial charge in [-0.2, -0.15) is 0 Å². The Bertz CT molecular complexity index is 1580. The van der Waals surface area contributed by atoms with E-state index in [2.05, 4.69) is 5.32 Å². The van der Waals surface area contributed by atoms with Crippen LogP contribution < -0.4 is 19.1 Å². The molecule has 3 aromatic rings. The van der Waals surface area contributed by atoms with Gasteiger partial charge in [0.05, 0.1) is 24.8 Å². The summed E-state index contributed by atoms with van der Waals surface area (Å²) in [6.45, 7) is 12.8. The van der Waals surface area contributed by atoms with Gasteiger partial charge in [-0.3, -0.25) is 13.9 Å². The number of carbonyl (C=O) groups excluding carboxylic acids is 2. The van der Waals surface area contributed by atoms with Crippen LogP contribution in [0, 0.1) is 20.8 Å². The molecule has 0 saturated heterocycles. The first-order valence-corrected chi connectivity index (χ1v) is 16.0. The average Bonchev–Trinajstić information content (AvgIpc) is 2.94. The Hall–Kier alpha value is -4.05. The van der Waals surface area contributed by atoms with Crippen molar-refractivity contribution >= 4 is 27.5 Å². The fraction of sp³-hybridized carbons (Fsp3) is 0.412. The first kappa shape index (κ1) is 34.4. The number of ether oxygens (including phenoxy) is 2. The van der Waals surface area contributed by atoms with Gasteiger partial charge in [0.25, 0.3) is 10.0 Å². The normalized spacial score (nSPS) is 12.3. The van der Waals surface area contributed by atoms with Crippen LogP contribution in [0.25, 0.3) is 0 Å². The zero-order valence-electron chi connectivity index (χ0n) is 27.2. The van der Waals surface area contributed by atoms with Crippen molar-refractivity contribution in [1.29, 1.82) is 0 Å². The van der Waals surface area contributed by atoms with E-state index in [9.17, 15) is 18.0 Å². The van der Waals surface area contributed by atoms with Crippen molar-refractivity contribution in [3.05, 3.63) is 82.9 Å². The molecule has 0 bridgehead atoms. The molecule has 3 aromatic carbocycles. The highest BCUT2D eigenvalue weighted by Gasteiger charge is 2.35. The Morgan fingerprint density at radius 1 is 0.886 bits per heavy atom. The van der Waals surface area contributed by atoms with Crippen LogP contribution in [0.3, 0.4) is 0 Å². The Morgan fingerprint density at radius 2 is 1.50 bits per heavy atom. The van der Waals surface area contributed by atoms with E-state index in [4.69, 9.17) is 9.47 Å². The average molecular weight is 624 g/mol. The van der Waals surface area contributed by atoms with E-state index in [1.54, 1.807) is 12.1 Å². The molecule has 0 radical (unpaired) electrons. The number of hydrogen-bond acceptors (Lipinski definition) is 6. The van der Waals surface area contributed by atoms with E-state index in [0.717, 1.165) is 26.6 Å². The number of amides is 2. The maximum atomic E-state index is 14.4. The van der Waals surface area contributed by atoms with E-state index in [0.29, 0.717) is 17.9 Å². The Balaban J connectivity index is 2.16. The number of hydrogen-bond donors (Lipinski definition) is 1. The van der Waals surface area contributed by atoms with Crippen molar-refractivity contribution < 1.29 is 27.5 Å². The van der Waals surface area contributed by atoms with Crippen molar-refractivity contribution in [3.63, 3.8) is 0 Å². The molecule has 0 aliphatic rings. The second-order valence-corrected chi connectivity index (χ2v) is 13.8. The van der Waals surface area contributed by atoms with Crippen LogP contribution in [0.2, 0.25) is 0 Å². The smallest absolute Gasteiger partial charge is 0.264 e. The minimum atomic E-state index is -4.29. The lowest BCUT2D eigenvalue weighted by Crippen LogP contribution is -2.55. The van der Waals surface area contributed by atoms with Crippen LogP contribution in [0.15, 0.2) is 65.6 Å². The summed E-state index contributed by atoms with van der Waals surface area (Å²) >= 11 is 0. The monoisotopic (exact) mass is 623 g/mol. The largest absolute Gasteiger partial charge is 0.493 e. The minimum absolute atomic E-state index is 0.0647. The van der Waals surface area contributed by atoms with Gasteiger partial charge in [0.2, 0.25) is 11.8 Å². The molecule has 10 heteroatoms. The highest BCUT2D eigenvalue weighted by Crippen LogP contribution is 2.33. The third-order valence-electron chi connectivity index (χ3n) is 7.20. The molecule has 0 unspecified atom stereocenters. The molecule has 3 rings (SSSR count). The van der Waals surface area contributed by atoms with Crippen LogP contribution >= 0.6 is 0 Å². The first-order valence-electron chi connectivity index (χ1n) is 14.6. The molecular weight excluding hydrogens is 578 g/mol. The summed E-state index contributed by atoms with van der Waals surface area (Å²) in [6.07, 6.45) is 0.339. The lowest BCUT2D eigenvalue weighted by atomic mass is 10.0. The Labute approximate surface area is 262 Å². The summed E-state index contributed by atoms with van der Waals surface area (Å²) in [6, 6.07) is 16.5. The zero-order chi connectivity index (χ0) is 32.8. The number of benzene rings is 3. The summed E-state index contributed by atoms with van der Waals surface area (Å²) in [7, 11) is -1.39. The van der Waals surface area contributed by atoms with Crippen LogP contribution in [0.4, 0.5) is 5.69 Å². The number of anilines is 1. The first-order chi connectivity index (χ1) is 20.6. The number of aryl methyl sites for hydroxylation is 3. The Kier molecular flexibility index (Phi) is 11.1. The fourth-order valence-electron chi connectivity index (χ4n) is 5.07. The maximum absolute atomic E-state index is 14.4. The van der Waals surface area contributed by atoms with Gasteiger partial charge in [-0.25, -0.2) is 8.42 Å². The Morgan fingerprint density at radius 3 is 2.05 bits per heavy atom. The number of rotatable bonds is 12. The molecule has 0 fully saturated rings.